The fourth-order valence-corrected chi connectivity index (χ4v) is 14.5. The molecule has 6 aliphatic rings. The summed E-state index contributed by atoms with van der Waals surface area (Å²) in [4.78, 5) is 66.2. The van der Waals surface area contributed by atoms with Crippen LogP contribution in [0.1, 0.15) is 161 Å². The molecule has 0 unspecified atom stereocenters. The first-order valence-electron chi connectivity index (χ1n) is 34.9. The van der Waals surface area contributed by atoms with Crippen molar-refractivity contribution in [1.82, 2.24) is 19.9 Å². The highest BCUT2D eigenvalue weighted by molar-refractivity contribution is 6.05. The summed E-state index contributed by atoms with van der Waals surface area (Å²) in [7, 11) is 0. The summed E-state index contributed by atoms with van der Waals surface area (Å²) in [6.07, 6.45) is 32.2. The van der Waals surface area contributed by atoms with Gasteiger partial charge in [0.1, 0.15) is 23.3 Å². The van der Waals surface area contributed by atoms with Gasteiger partial charge in [0.15, 0.2) is 0 Å². The van der Waals surface area contributed by atoms with Gasteiger partial charge in [0.05, 0.1) is 0 Å². The highest BCUT2D eigenvalue weighted by atomic mass is 16.2. The van der Waals surface area contributed by atoms with Crippen molar-refractivity contribution in [3.63, 3.8) is 0 Å². The van der Waals surface area contributed by atoms with Crippen molar-refractivity contribution in [2.24, 2.45) is 17.8 Å². The Labute approximate surface area is 566 Å². The number of carbonyl (C=O) groups excluding carboxylic acids is 4. The Morgan fingerprint density at radius 2 is 0.688 bits per heavy atom. The number of pyridine rings is 4. The van der Waals surface area contributed by atoms with E-state index in [1.807, 2.05) is 106 Å². The van der Waals surface area contributed by atoms with E-state index in [-0.39, 0.29) is 41.4 Å². The lowest BCUT2D eigenvalue weighted by Crippen LogP contribution is -2.21. The van der Waals surface area contributed by atoms with Gasteiger partial charge in [-0.3, -0.25) is 19.2 Å². The monoisotopic (exact) mass is 1270 g/mol. The van der Waals surface area contributed by atoms with Crippen LogP contribution in [0.3, 0.4) is 0 Å². The van der Waals surface area contributed by atoms with Crippen LogP contribution in [0.2, 0.25) is 0 Å². The minimum atomic E-state index is -0.128. The number of anilines is 4. The lowest BCUT2D eigenvalue weighted by Gasteiger charge is -2.12. The number of aromatic nitrogens is 4. The second-order valence-corrected chi connectivity index (χ2v) is 27.4. The number of rotatable bonds is 12. The summed E-state index contributed by atoms with van der Waals surface area (Å²) < 4.78 is 0. The molecule has 490 valence electrons. The maximum absolute atomic E-state index is 12.4. The first kappa shape index (κ1) is 66.3. The van der Waals surface area contributed by atoms with Crippen LogP contribution in [0.4, 0.5) is 23.3 Å². The molecule has 5 aromatic carbocycles. The van der Waals surface area contributed by atoms with E-state index in [0.717, 1.165) is 53.5 Å². The van der Waals surface area contributed by atoms with Gasteiger partial charge in [0.25, 0.3) is 5.91 Å². The second kappa shape index (κ2) is 30.4. The van der Waals surface area contributed by atoms with E-state index >= 15 is 0 Å². The standard InChI is InChI=1S/C23H22N2O.C21H24N2O.C21H22N2O.C19H22N2O/c1-15-6-3-4-9-20(15)23(26)25-22-11-10-19(14-24-22)21-13-18-8-5-7-17(18)12-16(21)2;2*1-14-11-16-7-4-8-17(16)12-19(14)18-9-10-20(22-13-18)23-21(24)15-5-2-3-6-15;1-12(2)19(22)21-18-8-7-16(11-20-18)17-10-15-6-4-5-14(15)9-13(17)3/h3-4,6,9-14H,5,7-8H2,1-2H3,(H,24,25,26);9-13,15H,2-8H2,1H3,(H,22,23,24);2-3,9-13,15H,4-8H2,1H3,(H,22,23,24);7-12H,4-6H2,1-3H3,(H,20,21,22). The highest BCUT2D eigenvalue weighted by Crippen LogP contribution is 2.36. The Morgan fingerprint density at radius 1 is 0.365 bits per heavy atom. The molecule has 4 amide bonds. The summed E-state index contributed by atoms with van der Waals surface area (Å²) in [5.41, 5.74) is 28.1. The molecule has 15 rings (SSSR count). The van der Waals surface area contributed by atoms with Crippen molar-refractivity contribution >= 4 is 46.9 Å². The average molecular weight is 1280 g/mol. The number of hydrogen-bond acceptors (Lipinski definition) is 8. The Morgan fingerprint density at radius 3 is 1.02 bits per heavy atom. The predicted octanol–water partition coefficient (Wildman–Crippen LogP) is 18.4. The molecule has 0 atom stereocenters. The molecule has 1 fully saturated rings. The van der Waals surface area contributed by atoms with E-state index in [2.05, 4.69) is 142 Å². The van der Waals surface area contributed by atoms with Crippen molar-refractivity contribution in [1.29, 1.82) is 0 Å². The summed E-state index contributed by atoms with van der Waals surface area (Å²) in [6.45, 7) is 14.3. The number of nitrogens with zero attached hydrogens (tertiary/aromatic N) is 4. The lowest BCUT2D eigenvalue weighted by atomic mass is 9.96. The zero-order valence-corrected chi connectivity index (χ0v) is 56.9. The zero-order chi connectivity index (χ0) is 66.8. The van der Waals surface area contributed by atoms with Gasteiger partial charge in [-0.2, -0.15) is 0 Å². The van der Waals surface area contributed by atoms with Crippen molar-refractivity contribution < 1.29 is 19.2 Å². The van der Waals surface area contributed by atoms with E-state index in [4.69, 9.17) is 0 Å². The van der Waals surface area contributed by atoms with Gasteiger partial charge < -0.3 is 21.3 Å². The number of hydrogen-bond donors (Lipinski definition) is 4. The smallest absolute Gasteiger partial charge is 0.257 e. The third-order valence-corrected chi connectivity index (χ3v) is 20.1. The molecule has 0 aliphatic heterocycles. The van der Waals surface area contributed by atoms with Crippen LogP contribution in [0.25, 0.3) is 44.5 Å². The minimum absolute atomic E-state index is 0.00559. The Kier molecular flexibility index (Phi) is 21.0. The predicted molar refractivity (Wildman–Crippen MR) is 389 cm³/mol. The lowest BCUT2D eigenvalue weighted by molar-refractivity contribution is -0.120. The van der Waals surface area contributed by atoms with Gasteiger partial charge in [-0.05, 0) is 287 Å². The molecule has 12 heteroatoms. The molecule has 0 saturated heterocycles. The Hall–Kier alpha value is -9.68. The molecule has 0 bridgehead atoms. The summed E-state index contributed by atoms with van der Waals surface area (Å²) in [6, 6.07) is 41.9. The van der Waals surface area contributed by atoms with E-state index < -0.39 is 0 Å². The SMILES string of the molecule is Cc1cc2c(cc1-c1ccc(NC(=O)C(C)C)nc1)CCC2.Cc1cc2c(cc1-c1ccc(NC(=O)C3CC=CC3)nc1)CCC2.Cc1cc2c(cc1-c1ccc(NC(=O)C3CCCC3)nc1)CCC2.Cc1ccccc1C(=O)Nc1ccc(-c2cc3c(cc2C)CCC3)cn1. The average Bonchev–Trinajstić information content (AvgIpc) is 1.58. The van der Waals surface area contributed by atoms with Gasteiger partial charge in [-0.15, -0.1) is 0 Å². The summed E-state index contributed by atoms with van der Waals surface area (Å²) in [5.74, 6) is 2.73. The van der Waals surface area contributed by atoms with Crippen LogP contribution < -0.4 is 21.3 Å². The van der Waals surface area contributed by atoms with Gasteiger partial charge in [0.2, 0.25) is 17.7 Å². The van der Waals surface area contributed by atoms with E-state index in [9.17, 15) is 19.2 Å². The van der Waals surface area contributed by atoms with Crippen LogP contribution in [0.15, 0.2) is 158 Å². The number of amides is 4. The fourth-order valence-electron chi connectivity index (χ4n) is 14.5. The van der Waals surface area contributed by atoms with Gasteiger partial charge in [0, 0.05) is 70.4 Å². The fraction of sp³-hybridized carbons (Fsp3) is 0.333. The van der Waals surface area contributed by atoms with Crippen LogP contribution in [-0.2, 0) is 65.8 Å². The van der Waals surface area contributed by atoms with E-state index in [1.165, 1.54) is 179 Å². The summed E-state index contributed by atoms with van der Waals surface area (Å²) in [5, 5.41) is 11.6. The van der Waals surface area contributed by atoms with Gasteiger partial charge in [-0.25, -0.2) is 19.9 Å². The molecule has 9 aromatic rings. The molecule has 1 saturated carbocycles. The molecule has 6 aliphatic carbocycles. The normalized spacial score (nSPS) is 14.8. The largest absolute Gasteiger partial charge is 0.310 e. The number of benzene rings is 5. The number of allylic oxidation sites excluding steroid dienone is 2. The minimum Gasteiger partial charge on any atom is -0.310 e. The van der Waals surface area contributed by atoms with E-state index in [1.54, 1.807) is 0 Å². The van der Waals surface area contributed by atoms with E-state index in [0.29, 0.717) is 28.8 Å². The molecule has 0 spiro atoms. The zero-order valence-electron chi connectivity index (χ0n) is 56.9. The van der Waals surface area contributed by atoms with Crippen molar-refractivity contribution in [2.75, 3.05) is 21.3 Å². The molecular formula is C84H90N8O4. The topological polar surface area (TPSA) is 168 Å². The molecule has 0 radical (unpaired) electrons. The van der Waals surface area contributed by atoms with Crippen LogP contribution in [-0.4, -0.2) is 43.6 Å². The maximum Gasteiger partial charge on any atom is 0.257 e. The van der Waals surface area contributed by atoms with Crippen molar-refractivity contribution in [3.8, 4) is 44.5 Å². The molecule has 4 aromatic heterocycles. The van der Waals surface area contributed by atoms with Crippen molar-refractivity contribution in [2.45, 2.75) is 164 Å². The third kappa shape index (κ3) is 16.0. The van der Waals surface area contributed by atoms with Gasteiger partial charge >= 0.3 is 0 Å². The highest BCUT2D eigenvalue weighted by Gasteiger charge is 2.25. The maximum atomic E-state index is 12.4. The molecule has 12 nitrogen and oxygen atoms in total. The van der Waals surface area contributed by atoms with Crippen LogP contribution in [0.5, 0.6) is 0 Å². The molecule has 96 heavy (non-hydrogen) atoms. The quantitative estimate of drug-likeness (QED) is 0.0877. The number of aryl methyl sites for hydroxylation is 13. The first-order valence-corrected chi connectivity index (χ1v) is 34.9. The number of carbonyl (C=O) groups is 4. The third-order valence-electron chi connectivity index (χ3n) is 20.1. The van der Waals surface area contributed by atoms with Crippen molar-refractivity contribution in [3.05, 3.63) is 236 Å². The molecule has 4 heterocycles. The Bertz CT molecular complexity index is 4230. The first-order chi connectivity index (χ1) is 46.6. The molecular weight excluding hydrogens is 1180 g/mol. The second-order valence-electron chi connectivity index (χ2n) is 27.4. The molecule has 4 N–H and O–H groups in total. The number of fused-ring (bicyclic) bond motifs is 4. The Balaban J connectivity index is 0.000000123. The van der Waals surface area contributed by atoms with Gasteiger partial charge in [-0.1, -0.05) is 106 Å². The van der Waals surface area contributed by atoms with Crippen LogP contribution in [0, 0.1) is 52.4 Å². The van der Waals surface area contributed by atoms with Crippen LogP contribution >= 0.6 is 0 Å². The number of nitrogens with one attached hydrogen (secondary N) is 4. The summed E-state index contributed by atoms with van der Waals surface area (Å²) >= 11 is 0.